The second-order valence-corrected chi connectivity index (χ2v) is 6.60. The van der Waals surface area contributed by atoms with Crippen LogP contribution >= 0.6 is 0 Å². The fourth-order valence-corrected chi connectivity index (χ4v) is 3.52. The topological polar surface area (TPSA) is 60.2 Å². The lowest BCUT2D eigenvalue weighted by molar-refractivity contribution is 0.578. The molecule has 1 aliphatic rings. The minimum atomic E-state index is -3.34. The molecule has 0 unspecified atom stereocenters. The number of hydrogen-bond donors (Lipinski definition) is 1. The van der Waals surface area contributed by atoms with Crippen molar-refractivity contribution in [3.05, 3.63) is 29.3 Å². The van der Waals surface area contributed by atoms with E-state index in [2.05, 4.69) is 0 Å². The van der Waals surface area contributed by atoms with Gasteiger partial charge in [0, 0.05) is 0 Å². The number of hydrogen-bond acceptors (Lipinski definition) is 3. The highest BCUT2D eigenvalue weighted by molar-refractivity contribution is 7.93. The van der Waals surface area contributed by atoms with E-state index < -0.39 is 14.7 Å². The third-order valence-corrected chi connectivity index (χ3v) is 5.41. The summed E-state index contributed by atoms with van der Waals surface area (Å²) in [5.41, 5.74) is 7.51. The van der Waals surface area contributed by atoms with Crippen LogP contribution in [0.1, 0.15) is 24.0 Å². The van der Waals surface area contributed by atoms with Crippen LogP contribution in [0.3, 0.4) is 0 Å². The molecule has 0 spiro atoms. The van der Waals surface area contributed by atoms with Crippen LogP contribution in [0.4, 0.5) is 0 Å². The van der Waals surface area contributed by atoms with Crippen LogP contribution < -0.4 is 5.73 Å². The maximum Gasteiger partial charge on any atom is 0.197 e. The number of sulfone groups is 1. The summed E-state index contributed by atoms with van der Waals surface area (Å²) in [6.45, 7) is 3.69. The zero-order valence-corrected chi connectivity index (χ0v) is 9.76. The third kappa shape index (κ3) is 1.58. The molecule has 1 aromatic rings. The van der Waals surface area contributed by atoms with Gasteiger partial charge in [0.05, 0.1) is 4.90 Å². The summed E-state index contributed by atoms with van der Waals surface area (Å²) in [6, 6.07) is 5.44. The molecule has 4 heteroatoms. The maximum absolute atomic E-state index is 12.2. The molecule has 0 aromatic heterocycles. The zero-order chi connectivity index (χ0) is 11.3. The molecule has 1 fully saturated rings. The summed E-state index contributed by atoms with van der Waals surface area (Å²) in [5.74, 6) is 0. The molecule has 0 bridgehead atoms. The normalized spacial score (nSPS) is 18.9. The van der Waals surface area contributed by atoms with Crippen molar-refractivity contribution in [2.75, 3.05) is 0 Å². The van der Waals surface area contributed by atoms with Crippen LogP contribution in [0, 0.1) is 13.8 Å². The molecule has 2 N–H and O–H groups in total. The highest BCUT2D eigenvalue weighted by Gasteiger charge is 2.52. The minimum absolute atomic E-state index is 0.391. The van der Waals surface area contributed by atoms with Gasteiger partial charge in [-0.05, 0) is 43.9 Å². The van der Waals surface area contributed by atoms with Crippen molar-refractivity contribution in [3.63, 3.8) is 0 Å². The molecule has 1 aromatic carbocycles. The molecule has 1 aliphatic carbocycles. The van der Waals surface area contributed by atoms with Crippen molar-refractivity contribution in [2.45, 2.75) is 36.5 Å². The van der Waals surface area contributed by atoms with E-state index in [1.807, 2.05) is 19.1 Å². The Kier molecular flexibility index (Phi) is 2.17. The van der Waals surface area contributed by atoms with E-state index >= 15 is 0 Å². The minimum Gasteiger partial charge on any atom is -0.312 e. The van der Waals surface area contributed by atoms with Crippen molar-refractivity contribution < 1.29 is 8.42 Å². The lowest BCUT2D eigenvalue weighted by Crippen LogP contribution is -2.33. The Morgan fingerprint density at radius 1 is 1.27 bits per heavy atom. The number of rotatable bonds is 2. The standard InChI is InChI=1S/C11H15NO2S/c1-8-3-4-9(2)10(7-8)15(13,14)11(12)5-6-11/h3-4,7H,5-6,12H2,1-2H3. The average Bonchev–Trinajstić information content (AvgIpc) is 2.89. The van der Waals surface area contributed by atoms with E-state index in [1.54, 1.807) is 13.0 Å². The van der Waals surface area contributed by atoms with Gasteiger partial charge in [-0.3, -0.25) is 0 Å². The fraction of sp³-hybridized carbons (Fsp3) is 0.455. The van der Waals surface area contributed by atoms with Gasteiger partial charge >= 0.3 is 0 Å². The predicted molar refractivity (Wildman–Crippen MR) is 59.3 cm³/mol. The highest BCUT2D eigenvalue weighted by Crippen LogP contribution is 2.42. The quantitative estimate of drug-likeness (QED) is 0.830. The largest absolute Gasteiger partial charge is 0.312 e. The van der Waals surface area contributed by atoms with Gasteiger partial charge in [0.15, 0.2) is 9.84 Å². The summed E-state index contributed by atoms with van der Waals surface area (Å²) in [5, 5.41) is 0. The van der Waals surface area contributed by atoms with Crippen molar-refractivity contribution in [2.24, 2.45) is 5.73 Å². The highest BCUT2D eigenvalue weighted by atomic mass is 32.2. The molecule has 0 atom stereocenters. The van der Waals surface area contributed by atoms with Crippen molar-refractivity contribution in [3.8, 4) is 0 Å². The Bertz CT molecular complexity index is 501. The van der Waals surface area contributed by atoms with Gasteiger partial charge in [-0.2, -0.15) is 0 Å². The SMILES string of the molecule is Cc1ccc(C)c(S(=O)(=O)C2(N)CC2)c1. The summed E-state index contributed by atoms with van der Waals surface area (Å²) >= 11 is 0. The molecule has 1 saturated carbocycles. The first kappa shape index (κ1) is 10.6. The lowest BCUT2D eigenvalue weighted by atomic mass is 10.2. The molecule has 0 aliphatic heterocycles. The van der Waals surface area contributed by atoms with Crippen LogP contribution in [0.15, 0.2) is 23.1 Å². The molecule has 2 rings (SSSR count). The first-order valence-corrected chi connectivity index (χ1v) is 6.46. The Hall–Kier alpha value is -0.870. The van der Waals surface area contributed by atoms with E-state index in [4.69, 9.17) is 5.73 Å². The van der Waals surface area contributed by atoms with Crippen LogP contribution in [-0.2, 0) is 9.84 Å². The fourth-order valence-electron chi connectivity index (χ4n) is 1.61. The lowest BCUT2D eigenvalue weighted by Gasteiger charge is -2.13. The second-order valence-electron chi connectivity index (χ2n) is 4.34. The maximum atomic E-state index is 12.2. The number of benzene rings is 1. The summed E-state index contributed by atoms with van der Waals surface area (Å²) in [4.78, 5) is -0.603. The molecule has 0 radical (unpaired) electrons. The van der Waals surface area contributed by atoms with E-state index in [0.29, 0.717) is 17.7 Å². The van der Waals surface area contributed by atoms with Gasteiger partial charge < -0.3 is 5.73 Å². The molecular formula is C11H15NO2S. The van der Waals surface area contributed by atoms with E-state index in [0.717, 1.165) is 11.1 Å². The van der Waals surface area contributed by atoms with Crippen LogP contribution in [0.5, 0.6) is 0 Å². The molecule has 0 amide bonds. The smallest absolute Gasteiger partial charge is 0.197 e. The monoisotopic (exact) mass is 225 g/mol. The summed E-state index contributed by atoms with van der Waals surface area (Å²) in [7, 11) is -3.34. The second kappa shape index (κ2) is 3.06. The zero-order valence-electron chi connectivity index (χ0n) is 8.95. The van der Waals surface area contributed by atoms with Crippen molar-refractivity contribution in [1.29, 1.82) is 0 Å². The number of nitrogens with two attached hydrogens (primary N) is 1. The average molecular weight is 225 g/mol. The Labute approximate surface area is 90.2 Å². The Balaban J connectivity index is 2.59. The molecular weight excluding hydrogens is 210 g/mol. The van der Waals surface area contributed by atoms with E-state index in [-0.39, 0.29) is 0 Å². The molecule has 0 heterocycles. The molecule has 0 saturated heterocycles. The molecule has 82 valence electrons. The molecule has 3 nitrogen and oxygen atoms in total. The van der Waals surface area contributed by atoms with Gasteiger partial charge in [-0.15, -0.1) is 0 Å². The van der Waals surface area contributed by atoms with Gasteiger partial charge in [0.1, 0.15) is 4.87 Å². The van der Waals surface area contributed by atoms with Gasteiger partial charge in [0.2, 0.25) is 0 Å². The first-order chi connectivity index (χ1) is 6.87. The van der Waals surface area contributed by atoms with Gasteiger partial charge in [-0.1, -0.05) is 12.1 Å². The third-order valence-electron chi connectivity index (χ3n) is 2.91. The molecule has 15 heavy (non-hydrogen) atoms. The van der Waals surface area contributed by atoms with Crippen molar-refractivity contribution in [1.82, 2.24) is 0 Å². The number of aryl methyl sites for hydroxylation is 2. The first-order valence-electron chi connectivity index (χ1n) is 4.98. The van der Waals surface area contributed by atoms with Crippen LogP contribution in [0.25, 0.3) is 0 Å². The van der Waals surface area contributed by atoms with Crippen LogP contribution in [0.2, 0.25) is 0 Å². The van der Waals surface area contributed by atoms with E-state index in [1.165, 1.54) is 0 Å². The predicted octanol–water partition coefficient (Wildman–Crippen LogP) is 1.53. The summed E-state index contributed by atoms with van der Waals surface area (Å²) in [6.07, 6.45) is 1.14. The van der Waals surface area contributed by atoms with Crippen molar-refractivity contribution >= 4 is 9.84 Å². The van der Waals surface area contributed by atoms with Gasteiger partial charge in [-0.25, -0.2) is 8.42 Å². The van der Waals surface area contributed by atoms with E-state index in [9.17, 15) is 8.42 Å². The Morgan fingerprint density at radius 2 is 1.87 bits per heavy atom. The Morgan fingerprint density at radius 3 is 2.40 bits per heavy atom. The van der Waals surface area contributed by atoms with Crippen LogP contribution in [-0.4, -0.2) is 13.3 Å². The summed E-state index contributed by atoms with van der Waals surface area (Å²) < 4.78 is 24.3. The van der Waals surface area contributed by atoms with Gasteiger partial charge in [0.25, 0.3) is 0 Å².